The minimum Gasteiger partial charge on any atom is -0.301 e. The fourth-order valence-electron chi connectivity index (χ4n) is 2.02. The van der Waals surface area contributed by atoms with E-state index in [1.807, 2.05) is 0 Å². The Bertz CT molecular complexity index is 648. The topological polar surface area (TPSA) is 125 Å². The van der Waals surface area contributed by atoms with Gasteiger partial charge in [0.05, 0.1) is 12.0 Å². The predicted octanol–water partition coefficient (Wildman–Crippen LogP) is 0.467. The molecule has 2 unspecified atom stereocenters. The maximum absolute atomic E-state index is 12.1. The van der Waals surface area contributed by atoms with Crippen molar-refractivity contribution in [3.63, 3.8) is 0 Å². The summed E-state index contributed by atoms with van der Waals surface area (Å²) in [4.78, 5) is 10.9. The van der Waals surface area contributed by atoms with Gasteiger partial charge >= 0.3 is 0 Å². The van der Waals surface area contributed by atoms with Gasteiger partial charge in [-0.05, 0) is 12.8 Å². The Hall–Kier alpha value is -1.57. The van der Waals surface area contributed by atoms with Crippen molar-refractivity contribution < 1.29 is 13.2 Å². The first-order valence-corrected chi connectivity index (χ1v) is 8.25. The molecule has 1 aromatic heterocycles. The summed E-state index contributed by atoms with van der Waals surface area (Å²) in [6, 6.07) is 1.71. The number of carbonyl (C=O) groups excluding carboxylic acids is 1. The monoisotopic (exact) mass is 315 g/mol. The van der Waals surface area contributed by atoms with Crippen molar-refractivity contribution in [2.45, 2.75) is 36.6 Å². The summed E-state index contributed by atoms with van der Waals surface area (Å²) in [5, 5.41) is 18.6. The molecule has 0 aromatic carbocycles. The van der Waals surface area contributed by atoms with Gasteiger partial charge in [-0.3, -0.25) is 4.79 Å². The zero-order valence-corrected chi connectivity index (χ0v) is 12.3. The minimum absolute atomic E-state index is 0.126. The molecule has 0 radical (unpaired) electrons. The number of nitrogens with zero attached hydrogens (tertiary/aromatic N) is 3. The van der Waals surface area contributed by atoms with Crippen LogP contribution in [0.1, 0.15) is 26.2 Å². The van der Waals surface area contributed by atoms with Gasteiger partial charge in [0.1, 0.15) is 0 Å². The quantitative estimate of drug-likeness (QED) is 0.778. The smallest absolute Gasteiger partial charge is 0.270 e. The van der Waals surface area contributed by atoms with E-state index in [1.165, 1.54) is 6.92 Å². The van der Waals surface area contributed by atoms with E-state index in [9.17, 15) is 13.2 Å². The van der Waals surface area contributed by atoms with Crippen LogP contribution in [0.4, 0.5) is 5.13 Å². The number of nitriles is 1. The van der Waals surface area contributed by atoms with Gasteiger partial charge in [-0.1, -0.05) is 17.8 Å². The molecule has 10 heteroatoms. The molecule has 2 atom stereocenters. The molecule has 1 fully saturated rings. The van der Waals surface area contributed by atoms with Crippen LogP contribution < -0.4 is 10.0 Å². The Balaban J connectivity index is 2.12. The molecule has 8 nitrogen and oxygen atoms in total. The lowest BCUT2D eigenvalue weighted by Crippen LogP contribution is -2.36. The Morgan fingerprint density at radius 3 is 2.85 bits per heavy atom. The number of nitrogens with one attached hydrogen (secondary N) is 2. The van der Waals surface area contributed by atoms with Crippen LogP contribution in [0.3, 0.4) is 0 Å². The average Bonchev–Trinajstić information content (AvgIpc) is 2.97. The molecule has 1 heterocycles. The normalized spacial score (nSPS) is 22.4. The van der Waals surface area contributed by atoms with E-state index in [-0.39, 0.29) is 21.3 Å². The Labute approximate surface area is 120 Å². The third-order valence-corrected chi connectivity index (χ3v) is 5.60. The van der Waals surface area contributed by atoms with Crippen LogP contribution in [-0.4, -0.2) is 30.6 Å². The second-order valence-corrected chi connectivity index (χ2v) is 7.31. The molecular formula is C10H13N5O3S2. The molecule has 1 aromatic rings. The number of carbonyl (C=O) groups is 1. The first-order chi connectivity index (χ1) is 9.42. The van der Waals surface area contributed by atoms with E-state index in [0.29, 0.717) is 12.8 Å². The van der Waals surface area contributed by atoms with Crippen molar-refractivity contribution in [1.29, 1.82) is 5.26 Å². The molecule has 2 N–H and O–H groups in total. The van der Waals surface area contributed by atoms with Gasteiger partial charge in [-0.25, -0.2) is 13.1 Å². The third kappa shape index (κ3) is 3.30. The van der Waals surface area contributed by atoms with E-state index in [2.05, 4.69) is 26.3 Å². The SMILES string of the molecule is CC(=O)Nc1nnc(S(=O)(=O)NC2CCCC2C#N)s1. The number of hydrogen-bond donors (Lipinski definition) is 2. The number of hydrogen-bond acceptors (Lipinski definition) is 7. The first-order valence-electron chi connectivity index (χ1n) is 5.95. The van der Waals surface area contributed by atoms with Crippen molar-refractivity contribution in [3.05, 3.63) is 0 Å². The molecule has 0 bridgehead atoms. The molecular weight excluding hydrogens is 302 g/mol. The lowest BCUT2D eigenvalue weighted by molar-refractivity contribution is -0.114. The van der Waals surface area contributed by atoms with Crippen molar-refractivity contribution >= 4 is 32.4 Å². The van der Waals surface area contributed by atoms with Crippen LogP contribution in [0, 0.1) is 17.2 Å². The Morgan fingerprint density at radius 1 is 1.45 bits per heavy atom. The van der Waals surface area contributed by atoms with Crippen LogP contribution in [0.15, 0.2) is 4.34 Å². The number of rotatable bonds is 4. The molecule has 1 aliphatic carbocycles. The first kappa shape index (κ1) is 14.8. The molecule has 1 saturated carbocycles. The van der Waals surface area contributed by atoms with Crippen LogP contribution in [0.25, 0.3) is 0 Å². The highest BCUT2D eigenvalue weighted by Crippen LogP contribution is 2.27. The predicted molar refractivity (Wildman–Crippen MR) is 71.3 cm³/mol. The fraction of sp³-hybridized carbons (Fsp3) is 0.600. The lowest BCUT2D eigenvalue weighted by Gasteiger charge is -2.13. The molecule has 0 saturated heterocycles. The maximum Gasteiger partial charge on any atom is 0.270 e. The van der Waals surface area contributed by atoms with Gasteiger partial charge in [0, 0.05) is 13.0 Å². The summed E-state index contributed by atoms with van der Waals surface area (Å²) in [7, 11) is -3.81. The Kier molecular flexibility index (Phi) is 4.32. The van der Waals surface area contributed by atoms with Crippen LogP contribution >= 0.6 is 11.3 Å². The molecule has 1 aliphatic rings. The van der Waals surface area contributed by atoms with Crippen molar-refractivity contribution in [2.75, 3.05) is 5.32 Å². The molecule has 0 aliphatic heterocycles. The standard InChI is InChI=1S/C10H13N5O3S2/c1-6(16)12-9-13-14-10(19-9)20(17,18)15-8-4-2-3-7(8)5-11/h7-8,15H,2-4H2,1H3,(H,12,13,16). The molecule has 2 rings (SSSR count). The van der Waals surface area contributed by atoms with Crippen LogP contribution in [0.2, 0.25) is 0 Å². The number of amides is 1. The second kappa shape index (κ2) is 5.82. The van der Waals surface area contributed by atoms with Crippen LogP contribution in [-0.2, 0) is 14.8 Å². The highest BCUT2D eigenvalue weighted by atomic mass is 32.2. The molecule has 1 amide bonds. The van der Waals surface area contributed by atoms with Gasteiger partial charge in [0.25, 0.3) is 10.0 Å². The maximum atomic E-state index is 12.1. The van der Waals surface area contributed by atoms with E-state index in [0.717, 1.165) is 17.8 Å². The third-order valence-electron chi connectivity index (χ3n) is 2.91. The van der Waals surface area contributed by atoms with Crippen molar-refractivity contribution in [1.82, 2.24) is 14.9 Å². The van der Waals surface area contributed by atoms with E-state index >= 15 is 0 Å². The van der Waals surface area contributed by atoms with E-state index in [1.54, 1.807) is 0 Å². The number of sulfonamides is 1. The van der Waals surface area contributed by atoms with E-state index in [4.69, 9.17) is 5.26 Å². The number of aromatic nitrogens is 2. The summed E-state index contributed by atoms with van der Waals surface area (Å²) in [6.07, 6.45) is 2.14. The highest BCUT2D eigenvalue weighted by molar-refractivity contribution is 7.91. The van der Waals surface area contributed by atoms with Crippen molar-refractivity contribution in [3.8, 4) is 6.07 Å². The van der Waals surface area contributed by atoms with Gasteiger partial charge in [-0.2, -0.15) is 5.26 Å². The van der Waals surface area contributed by atoms with Gasteiger partial charge in [0.15, 0.2) is 0 Å². The summed E-state index contributed by atoms with van der Waals surface area (Å²) in [5.41, 5.74) is 0. The zero-order chi connectivity index (χ0) is 14.8. The summed E-state index contributed by atoms with van der Waals surface area (Å²) >= 11 is 0.773. The van der Waals surface area contributed by atoms with E-state index < -0.39 is 16.1 Å². The lowest BCUT2D eigenvalue weighted by atomic mass is 10.1. The molecule has 0 spiro atoms. The summed E-state index contributed by atoms with van der Waals surface area (Å²) in [6.45, 7) is 1.30. The summed E-state index contributed by atoms with van der Waals surface area (Å²) in [5.74, 6) is -0.661. The molecule has 20 heavy (non-hydrogen) atoms. The second-order valence-electron chi connectivity index (χ2n) is 4.45. The molecule has 108 valence electrons. The van der Waals surface area contributed by atoms with Gasteiger partial charge in [-0.15, -0.1) is 10.2 Å². The highest BCUT2D eigenvalue weighted by Gasteiger charge is 2.32. The average molecular weight is 315 g/mol. The van der Waals surface area contributed by atoms with Gasteiger partial charge in [0.2, 0.25) is 15.4 Å². The summed E-state index contributed by atoms with van der Waals surface area (Å²) < 4.78 is 26.5. The van der Waals surface area contributed by atoms with Crippen molar-refractivity contribution in [2.24, 2.45) is 5.92 Å². The van der Waals surface area contributed by atoms with Crippen LogP contribution in [0.5, 0.6) is 0 Å². The fourth-order valence-corrected chi connectivity index (χ4v) is 4.30. The van der Waals surface area contributed by atoms with Gasteiger partial charge < -0.3 is 5.32 Å². The zero-order valence-electron chi connectivity index (χ0n) is 10.7. The Morgan fingerprint density at radius 2 is 2.20 bits per heavy atom. The largest absolute Gasteiger partial charge is 0.301 e. The minimum atomic E-state index is -3.81. The number of anilines is 1.